The standard InChI is InChI=1S/C37H21NO5/c39-34-24-11-3-4-12-25(24)36(41)33-26(34)13-7-15-31(33)38-29-14-6-5-8-21(29)27-18-20(16-17-30(27)38)19-28-32(37(42)43)22-9-1-2-10-23(22)35(28)40/h1-19,32H,(H,42,43)/b28-19-. The normalized spacial score (nSPS) is 16.5. The van der Waals surface area contributed by atoms with Crippen molar-refractivity contribution in [3.63, 3.8) is 0 Å². The second-order valence-electron chi connectivity index (χ2n) is 10.8. The van der Waals surface area contributed by atoms with Gasteiger partial charge in [-0.3, -0.25) is 19.2 Å². The van der Waals surface area contributed by atoms with Crippen LogP contribution in [0.1, 0.15) is 59.2 Å². The van der Waals surface area contributed by atoms with Crippen LogP contribution in [0.25, 0.3) is 33.6 Å². The number of benzene rings is 5. The summed E-state index contributed by atoms with van der Waals surface area (Å²) in [6.45, 7) is 0. The van der Waals surface area contributed by atoms with E-state index in [4.69, 9.17) is 0 Å². The number of hydrogen-bond acceptors (Lipinski definition) is 4. The van der Waals surface area contributed by atoms with Crippen LogP contribution in [-0.2, 0) is 4.79 Å². The first-order valence-corrected chi connectivity index (χ1v) is 13.9. The first kappa shape index (κ1) is 24.9. The summed E-state index contributed by atoms with van der Waals surface area (Å²) in [6, 6.07) is 32.6. The molecule has 8 rings (SSSR count). The minimum absolute atomic E-state index is 0.183. The molecule has 43 heavy (non-hydrogen) atoms. The predicted molar refractivity (Wildman–Crippen MR) is 163 cm³/mol. The van der Waals surface area contributed by atoms with Gasteiger partial charge in [0.25, 0.3) is 0 Å². The number of carbonyl (C=O) groups is 4. The molecule has 1 unspecified atom stereocenters. The Morgan fingerprint density at radius 1 is 0.628 bits per heavy atom. The molecule has 1 aromatic heterocycles. The zero-order chi connectivity index (χ0) is 29.4. The number of carbonyl (C=O) groups excluding carboxylic acids is 3. The molecule has 0 bridgehead atoms. The number of para-hydroxylation sites is 1. The Morgan fingerprint density at radius 2 is 1.28 bits per heavy atom. The van der Waals surface area contributed by atoms with Gasteiger partial charge in [0.05, 0.1) is 22.3 Å². The van der Waals surface area contributed by atoms with E-state index in [9.17, 15) is 24.3 Å². The molecule has 204 valence electrons. The molecule has 6 heteroatoms. The summed E-state index contributed by atoms with van der Waals surface area (Å²) < 4.78 is 2.00. The monoisotopic (exact) mass is 559 g/mol. The van der Waals surface area contributed by atoms with Gasteiger partial charge < -0.3 is 9.67 Å². The van der Waals surface area contributed by atoms with Gasteiger partial charge in [0.2, 0.25) is 0 Å². The lowest BCUT2D eigenvalue weighted by molar-refractivity contribution is -0.137. The van der Waals surface area contributed by atoms with E-state index in [-0.39, 0.29) is 22.9 Å². The molecule has 1 atom stereocenters. The average molecular weight is 560 g/mol. The van der Waals surface area contributed by atoms with Gasteiger partial charge in [-0.05, 0) is 41.5 Å². The maximum Gasteiger partial charge on any atom is 0.315 e. The number of aliphatic carboxylic acids is 1. The van der Waals surface area contributed by atoms with Crippen LogP contribution in [0.2, 0.25) is 0 Å². The van der Waals surface area contributed by atoms with E-state index in [2.05, 4.69) is 0 Å². The molecule has 2 aliphatic carbocycles. The van der Waals surface area contributed by atoms with Crippen LogP contribution in [-0.4, -0.2) is 33.0 Å². The van der Waals surface area contributed by atoms with Crippen molar-refractivity contribution < 1.29 is 24.3 Å². The summed E-state index contributed by atoms with van der Waals surface area (Å²) in [7, 11) is 0. The van der Waals surface area contributed by atoms with Crippen molar-refractivity contribution in [2.24, 2.45) is 0 Å². The van der Waals surface area contributed by atoms with Crippen LogP contribution in [0.4, 0.5) is 0 Å². The second kappa shape index (κ2) is 9.06. The van der Waals surface area contributed by atoms with Crippen LogP contribution in [0, 0.1) is 0 Å². The number of fused-ring (bicyclic) bond motifs is 6. The Morgan fingerprint density at radius 3 is 2.07 bits per heavy atom. The molecule has 0 aliphatic heterocycles. The molecule has 5 aromatic carbocycles. The third-order valence-electron chi connectivity index (χ3n) is 8.53. The number of carboxylic acid groups (broad SMARTS) is 1. The van der Waals surface area contributed by atoms with Gasteiger partial charge in [-0.25, -0.2) is 0 Å². The molecule has 6 aromatic rings. The Labute approximate surface area is 245 Å². The van der Waals surface area contributed by atoms with Gasteiger partial charge in [0.1, 0.15) is 5.92 Å². The third-order valence-corrected chi connectivity index (χ3v) is 8.53. The van der Waals surface area contributed by atoms with E-state index in [1.165, 1.54) is 0 Å². The summed E-state index contributed by atoms with van der Waals surface area (Å²) in [4.78, 5) is 52.8. The van der Waals surface area contributed by atoms with Crippen molar-refractivity contribution in [3.05, 3.63) is 154 Å². The lowest BCUT2D eigenvalue weighted by atomic mass is 9.83. The zero-order valence-corrected chi connectivity index (χ0v) is 22.6. The van der Waals surface area contributed by atoms with Crippen molar-refractivity contribution in [3.8, 4) is 5.69 Å². The van der Waals surface area contributed by atoms with Gasteiger partial charge >= 0.3 is 5.97 Å². The van der Waals surface area contributed by atoms with Gasteiger partial charge in [-0.2, -0.15) is 0 Å². The van der Waals surface area contributed by atoms with E-state index in [0.717, 1.165) is 21.8 Å². The number of nitrogens with zero attached hydrogens (tertiary/aromatic N) is 1. The van der Waals surface area contributed by atoms with E-state index in [1.807, 2.05) is 53.1 Å². The highest BCUT2D eigenvalue weighted by molar-refractivity contribution is 6.30. The minimum Gasteiger partial charge on any atom is -0.481 e. The van der Waals surface area contributed by atoms with E-state index >= 15 is 0 Å². The highest BCUT2D eigenvalue weighted by Crippen LogP contribution is 2.41. The van der Waals surface area contributed by atoms with Crippen molar-refractivity contribution in [1.82, 2.24) is 4.57 Å². The molecular weight excluding hydrogens is 538 g/mol. The molecule has 1 N–H and O–H groups in total. The van der Waals surface area contributed by atoms with Crippen molar-refractivity contribution in [1.29, 1.82) is 0 Å². The topological polar surface area (TPSA) is 93.4 Å². The SMILES string of the molecule is O=C1/C(=C\c2ccc3c(c2)c2ccccc2n3-c2cccc3c2C(=O)c2ccccc2C3=O)C(C(=O)O)c2ccccc21. The van der Waals surface area contributed by atoms with E-state index < -0.39 is 11.9 Å². The van der Waals surface area contributed by atoms with Gasteiger partial charge in [0, 0.05) is 38.6 Å². The highest BCUT2D eigenvalue weighted by Gasteiger charge is 2.39. The number of aromatic nitrogens is 1. The number of hydrogen-bond donors (Lipinski definition) is 1. The quantitative estimate of drug-likeness (QED) is 0.235. The van der Waals surface area contributed by atoms with Crippen LogP contribution in [0.5, 0.6) is 0 Å². The summed E-state index contributed by atoms with van der Waals surface area (Å²) >= 11 is 0. The molecular formula is C37H21NO5. The van der Waals surface area contributed by atoms with Crippen LogP contribution in [0.3, 0.4) is 0 Å². The summed E-state index contributed by atoms with van der Waals surface area (Å²) in [5.74, 6) is -2.78. The van der Waals surface area contributed by atoms with E-state index in [0.29, 0.717) is 44.6 Å². The molecule has 0 saturated heterocycles. The molecule has 0 radical (unpaired) electrons. The molecule has 0 spiro atoms. The van der Waals surface area contributed by atoms with Crippen LogP contribution in [0.15, 0.2) is 115 Å². The Balaban J connectivity index is 1.34. The molecule has 1 heterocycles. The van der Waals surface area contributed by atoms with Crippen LogP contribution < -0.4 is 0 Å². The predicted octanol–water partition coefficient (Wildman–Crippen LogP) is 7.01. The Hall–Kier alpha value is -5.88. The summed E-state index contributed by atoms with van der Waals surface area (Å²) in [5, 5.41) is 11.8. The first-order chi connectivity index (χ1) is 20.9. The minimum atomic E-state index is -1.07. The van der Waals surface area contributed by atoms with Crippen molar-refractivity contribution in [2.45, 2.75) is 5.92 Å². The largest absolute Gasteiger partial charge is 0.481 e. The third kappa shape index (κ3) is 3.47. The Bertz CT molecular complexity index is 2290. The summed E-state index contributed by atoms with van der Waals surface area (Å²) in [6.07, 6.45) is 1.66. The number of ketones is 3. The lowest BCUT2D eigenvalue weighted by Crippen LogP contribution is -2.22. The number of carboxylic acids is 1. The first-order valence-electron chi connectivity index (χ1n) is 13.9. The number of Topliss-reactive ketones (excluding diaryl/α,β-unsaturated/α-hetero) is 1. The Kier molecular flexibility index (Phi) is 5.24. The fourth-order valence-electron chi connectivity index (χ4n) is 6.66. The second-order valence-corrected chi connectivity index (χ2v) is 10.8. The summed E-state index contributed by atoms with van der Waals surface area (Å²) in [5.41, 5.74) is 5.60. The molecule has 0 amide bonds. The molecule has 2 aliphatic rings. The van der Waals surface area contributed by atoms with Crippen LogP contribution >= 0.6 is 0 Å². The zero-order valence-electron chi connectivity index (χ0n) is 22.6. The lowest BCUT2D eigenvalue weighted by Gasteiger charge is -2.21. The van der Waals surface area contributed by atoms with Gasteiger partial charge in [-0.15, -0.1) is 0 Å². The molecule has 0 saturated carbocycles. The fourth-order valence-corrected chi connectivity index (χ4v) is 6.66. The van der Waals surface area contributed by atoms with Gasteiger partial charge in [-0.1, -0.05) is 84.9 Å². The maximum absolute atomic E-state index is 13.8. The molecule has 6 nitrogen and oxygen atoms in total. The molecule has 0 fully saturated rings. The fraction of sp³-hybridized carbons (Fsp3) is 0.0270. The van der Waals surface area contributed by atoms with E-state index in [1.54, 1.807) is 66.7 Å². The van der Waals surface area contributed by atoms with Crippen molar-refractivity contribution in [2.75, 3.05) is 0 Å². The van der Waals surface area contributed by atoms with Gasteiger partial charge in [0.15, 0.2) is 17.3 Å². The van der Waals surface area contributed by atoms with Crippen molar-refractivity contribution >= 4 is 51.2 Å². The highest BCUT2D eigenvalue weighted by atomic mass is 16.4. The maximum atomic E-state index is 13.8. The average Bonchev–Trinajstić information content (AvgIpc) is 3.51. The number of rotatable bonds is 3. The smallest absolute Gasteiger partial charge is 0.315 e.